The summed E-state index contributed by atoms with van der Waals surface area (Å²) in [7, 11) is 0. The predicted molar refractivity (Wildman–Crippen MR) is 93.7 cm³/mol. The number of aryl methyl sites for hydroxylation is 1. The molecule has 0 aliphatic heterocycles. The molecule has 0 fully saturated rings. The van der Waals surface area contributed by atoms with E-state index in [1.165, 1.54) is 21.9 Å². The molecule has 2 heteroatoms. The van der Waals surface area contributed by atoms with Gasteiger partial charge in [0.05, 0.1) is 0 Å². The molecule has 0 aliphatic rings. The molecule has 104 valence electrons. The molecule has 0 radical (unpaired) electrons. The van der Waals surface area contributed by atoms with Crippen LogP contribution in [0.3, 0.4) is 0 Å². The first-order valence-electron chi connectivity index (χ1n) is 7.05. The molecule has 0 aliphatic carbocycles. The van der Waals surface area contributed by atoms with Gasteiger partial charge >= 0.3 is 0 Å². The molecule has 0 unspecified atom stereocenters. The normalized spacial score (nSPS) is 10.5. The Labute approximate surface area is 130 Å². The number of rotatable bonds is 3. The lowest BCUT2D eigenvalue weighted by Gasteiger charge is -2.11. The molecule has 3 aromatic carbocycles. The minimum absolute atomic E-state index is 0.754. The monoisotopic (exact) mass is 291 g/mol. The van der Waals surface area contributed by atoms with Crippen molar-refractivity contribution in [3.63, 3.8) is 0 Å². The van der Waals surface area contributed by atoms with Crippen molar-refractivity contribution < 1.29 is 0 Å². The Morgan fingerprint density at radius 3 is 2.57 bits per heavy atom. The molecular formula is C19H17NS. The van der Waals surface area contributed by atoms with Gasteiger partial charge in [-0.25, -0.2) is 0 Å². The van der Waals surface area contributed by atoms with E-state index in [9.17, 15) is 0 Å². The van der Waals surface area contributed by atoms with Crippen LogP contribution in [0.1, 0.15) is 16.7 Å². The maximum atomic E-state index is 5.57. The Balaban J connectivity index is 1.81. The lowest BCUT2D eigenvalue weighted by atomic mass is 10.0. The Morgan fingerprint density at radius 1 is 0.952 bits per heavy atom. The van der Waals surface area contributed by atoms with Crippen molar-refractivity contribution in [1.82, 2.24) is 5.32 Å². The van der Waals surface area contributed by atoms with Gasteiger partial charge in [0.15, 0.2) is 0 Å². The zero-order valence-corrected chi connectivity index (χ0v) is 12.8. The first kappa shape index (κ1) is 13.8. The molecule has 0 bridgehead atoms. The molecule has 1 nitrogen and oxygen atoms in total. The van der Waals surface area contributed by atoms with Gasteiger partial charge in [-0.1, -0.05) is 84.5 Å². The third-order valence-corrected chi connectivity index (χ3v) is 3.93. The number of hydrogen-bond donors (Lipinski definition) is 1. The summed E-state index contributed by atoms with van der Waals surface area (Å²) in [5, 5.41) is 5.78. The van der Waals surface area contributed by atoms with Gasteiger partial charge in [-0.05, 0) is 23.3 Å². The summed E-state index contributed by atoms with van der Waals surface area (Å²) in [6, 6.07) is 23.1. The molecule has 3 aromatic rings. The van der Waals surface area contributed by atoms with Gasteiger partial charge in [0.1, 0.15) is 4.99 Å². The Hall–Kier alpha value is -2.19. The van der Waals surface area contributed by atoms with E-state index < -0.39 is 0 Å². The average molecular weight is 291 g/mol. The summed E-state index contributed by atoms with van der Waals surface area (Å²) in [5.74, 6) is 0. The van der Waals surface area contributed by atoms with Crippen molar-refractivity contribution in [2.45, 2.75) is 13.5 Å². The summed E-state index contributed by atoms with van der Waals surface area (Å²) in [6.07, 6.45) is 0. The fourth-order valence-corrected chi connectivity index (χ4v) is 2.77. The van der Waals surface area contributed by atoms with Crippen LogP contribution in [0.4, 0.5) is 0 Å². The van der Waals surface area contributed by atoms with Crippen molar-refractivity contribution in [3.05, 3.63) is 83.4 Å². The standard InChI is InChI=1S/C19H17NS/c1-14-6-4-7-15(12-14)13-20-19(21)18-11-5-9-16-8-2-3-10-17(16)18/h2-12H,13H2,1H3,(H,20,21). The van der Waals surface area contributed by atoms with Gasteiger partial charge in [0.25, 0.3) is 0 Å². The predicted octanol–water partition coefficient (Wildman–Crippen LogP) is 4.61. The highest BCUT2D eigenvalue weighted by Crippen LogP contribution is 2.19. The highest BCUT2D eigenvalue weighted by atomic mass is 32.1. The average Bonchev–Trinajstić information content (AvgIpc) is 2.52. The molecule has 0 heterocycles. The van der Waals surface area contributed by atoms with Crippen LogP contribution in [0, 0.1) is 6.92 Å². The van der Waals surface area contributed by atoms with E-state index in [1.807, 2.05) is 0 Å². The van der Waals surface area contributed by atoms with Gasteiger partial charge in [-0.15, -0.1) is 0 Å². The maximum absolute atomic E-state index is 5.57. The number of thiocarbonyl (C=S) groups is 1. The number of nitrogens with one attached hydrogen (secondary N) is 1. The van der Waals surface area contributed by atoms with E-state index >= 15 is 0 Å². The molecule has 0 spiro atoms. The number of fused-ring (bicyclic) bond motifs is 1. The van der Waals surface area contributed by atoms with E-state index in [2.05, 4.69) is 79.0 Å². The highest BCUT2D eigenvalue weighted by molar-refractivity contribution is 7.80. The minimum atomic E-state index is 0.754. The zero-order valence-electron chi connectivity index (χ0n) is 12.0. The Bertz CT molecular complexity index is 787. The zero-order chi connectivity index (χ0) is 14.7. The third kappa shape index (κ3) is 3.11. The molecule has 3 rings (SSSR count). The lowest BCUT2D eigenvalue weighted by Crippen LogP contribution is -2.21. The fourth-order valence-electron chi connectivity index (χ4n) is 2.52. The molecule has 0 aromatic heterocycles. The van der Waals surface area contributed by atoms with Crippen LogP contribution in [-0.4, -0.2) is 4.99 Å². The van der Waals surface area contributed by atoms with Gasteiger partial charge in [-0.2, -0.15) is 0 Å². The van der Waals surface area contributed by atoms with E-state index in [1.54, 1.807) is 0 Å². The number of benzene rings is 3. The molecule has 21 heavy (non-hydrogen) atoms. The maximum Gasteiger partial charge on any atom is 0.107 e. The molecule has 0 saturated carbocycles. The third-order valence-electron chi connectivity index (χ3n) is 3.57. The van der Waals surface area contributed by atoms with Gasteiger partial charge in [0, 0.05) is 12.1 Å². The van der Waals surface area contributed by atoms with Crippen LogP contribution in [0.25, 0.3) is 10.8 Å². The SMILES string of the molecule is Cc1cccc(CNC(=S)c2cccc3ccccc23)c1. The second-order valence-corrected chi connectivity index (χ2v) is 5.61. The van der Waals surface area contributed by atoms with Crippen molar-refractivity contribution in [3.8, 4) is 0 Å². The van der Waals surface area contributed by atoms with E-state index in [0.29, 0.717) is 0 Å². The van der Waals surface area contributed by atoms with Crippen LogP contribution in [-0.2, 0) is 6.54 Å². The smallest absolute Gasteiger partial charge is 0.107 e. The minimum Gasteiger partial charge on any atom is -0.372 e. The molecule has 1 N–H and O–H groups in total. The second-order valence-electron chi connectivity index (χ2n) is 5.20. The van der Waals surface area contributed by atoms with Crippen LogP contribution in [0.2, 0.25) is 0 Å². The summed E-state index contributed by atoms with van der Waals surface area (Å²) >= 11 is 5.57. The summed E-state index contributed by atoms with van der Waals surface area (Å²) in [4.78, 5) is 0.799. The molecule has 0 amide bonds. The largest absolute Gasteiger partial charge is 0.372 e. The summed E-state index contributed by atoms with van der Waals surface area (Å²) < 4.78 is 0. The van der Waals surface area contributed by atoms with Crippen molar-refractivity contribution in [1.29, 1.82) is 0 Å². The lowest BCUT2D eigenvalue weighted by molar-refractivity contribution is 0.927. The van der Waals surface area contributed by atoms with E-state index in [-0.39, 0.29) is 0 Å². The van der Waals surface area contributed by atoms with Crippen LogP contribution in [0.15, 0.2) is 66.7 Å². The molecular weight excluding hydrogens is 274 g/mol. The van der Waals surface area contributed by atoms with Crippen molar-refractivity contribution >= 4 is 28.0 Å². The first-order valence-corrected chi connectivity index (χ1v) is 7.46. The van der Waals surface area contributed by atoms with Gasteiger partial charge in [-0.3, -0.25) is 0 Å². The Morgan fingerprint density at radius 2 is 1.71 bits per heavy atom. The Kier molecular flexibility index (Phi) is 3.98. The van der Waals surface area contributed by atoms with E-state index in [4.69, 9.17) is 12.2 Å². The van der Waals surface area contributed by atoms with Crippen molar-refractivity contribution in [2.75, 3.05) is 0 Å². The van der Waals surface area contributed by atoms with Crippen LogP contribution < -0.4 is 5.32 Å². The molecule has 0 saturated heterocycles. The number of hydrogen-bond acceptors (Lipinski definition) is 1. The summed E-state index contributed by atoms with van der Waals surface area (Å²) in [6.45, 7) is 2.86. The quantitative estimate of drug-likeness (QED) is 0.707. The summed E-state index contributed by atoms with van der Waals surface area (Å²) in [5.41, 5.74) is 3.61. The topological polar surface area (TPSA) is 12.0 Å². The molecule has 0 atom stereocenters. The van der Waals surface area contributed by atoms with Crippen LogP contribution >= 0.6 is 12.2 Å². The fraction of sp³-hybridized carbons (Fsp3) is 0.105. The highest BCUT2D eigenvalue weighted by Gasteiger charge is 2.05. The van der Waals surface area contributed by atoms with Gasteiger partial charge < -0.3 is 5.32 Å². The van der Waals surface area contributed by atoms with E-state index in [0.717, 1.165) is 17.1 Å². The van der Waals surface area contributed by atoms with Crippen LogP contribution in [0.5, 0.6) is 0 Å². The van der Waals surface area contributed by atoms with Crippen molar-refractivity contribution in [2.24, 2.45) is 0 Å². The second kappa shape index (κ2) is 6.06. The first-order chi connectivity index (χ1) is 10.2. The van der Waals surface area contributed by atoms with Gasteiger partial charge in [0.2, 0.25) is 0 Å².